The molecule has 1 saturated heterocycles. The van der Waals surface area contributed by atoms with E-state index >= 15 is 0 Å². The summed E-state index contributed by atoms with van der Waals surface area (Å²) in [5, 5.41) is 0. The van der Waals surface area contributed by atoms with E-state index in [1.165, 1.54) is 11.0 Å². The van der Waals surface area contributed by atoms with E-state index in [9.17, 15) is 13.2 Å². The fourth-order valence-corrected chi connectivity index (χ4v) is 3.41. The van der Waals surface area contributed by atoms with Crippen molar-refractivity contribution in [2.75, 3.05) is 19.4 Å². The molecule has 0 radical (unpaired) electrons. The number of rotatable bonds is 7. The van der Waals surface area contributed by atoms with Gasteiger partial charge in [-0.25, -0.2) is 4.79 Å². The maximum Gasteiger partial charge on any atom is 0.410 e. The smallest absolute Gasteiger partial charge is 0.410 e. The Balaban J connectivity index is 2.02. The molecule has 0 aromatic carbocycles. The van der Waals surface area contributed by atoms with Crippen LogP contribution in [-0.2, 0) is 25.5 Å². The maximum absolute atomic E-state index is 12.2. The minimum absolute atomic E-state index is 0.113. The molecule has 7 nitrogen and oxygen atoms in total. The molecular weight excluding hydrogens is 332 g/mol. The van der Waals surface area contributed by atoms with Gasteiger partial charge in [0, 0.05) is 18.4 Å². The number of nitrogens with zero attached hydrogens (tertiary/aromatic N) is 2. The number of hydrogen-bond acceptors (Lipinski definition) is 6. The Hall–Kier alpha value is -1.93. The summed E-state index contributed by atoms with van der Waals surface area (Å²) in [4.78, 5) is 17.8. The van der Waals surface area contributed by atoms with Gasteiger partial charge in [0.05, 0.1) is 18.9 Å². The largest absolute Gasteiger partial charge is 0.445 e. The molecule has 132 valence electrons. The van der Waals surface area contributed by atoms with Gasteiger partial charge in [0.25, 0.3) is 10.1 Å². The highest BCUT2D eigenvalue weighted by Gasteiger charge is 2.37. The molecule has 2 heterocycles. The van der Waals surface area contributed by atoms with Crippen LogP contribution in [-0.4, -0.2) is 55.9 Å². The number of carbonyl (C=O) groups excluding carboxylic acids is 1. The first-order chi connectivity index (χ1) is 11.4. The molecule has 8 heteroatoms. The maximum atomic E-state index is 12.2. The van der Waals surface area contributed by atoms with Gasteiger partial charge in [-0.1, -0.05) is 18.7 Å². The third kappa shape index (κ3) is 5.61. The number of hydrogen-bond donors (Lipinski definition) is 0. The molecule has 1 fully saturated rings. The number of ether oxygens (including phenoxy) is 1. The van der Waals surface area contributed by atoms with Crippen molar-refractivity contribution in [2.45, 2.75) is 31.4 Å². The molecule has 0 spiro atoms. The number of amides is 1. The Labute approximate surface area is 142 Å². The second-order valence-electron chi connectivity index (χ2n) is 5.73. The summed E-state index contributed by atoms with van der Waals surface area (Å²) in [6, 6.07) is 3.68. The Bertz CT molecular complexity index is 662. The van der Waals surface area contributed by atoms with Crippen LogP contribution in [0.1, 0.15) is 18.4 Å². The van der Waals surface area contributed by atoms with Crippen molar-refractivity contribution in [1.82, 2.24) is 9.88 Å². The van der Waals surface area contributed by atoms with Crippen LogP contribution in [0.25, 0.3) is 0 Å². The van der Waals surface area contributed by atoms with Crippen molar-refractivity contribution in [2.24, 2.45) is 0 Å². The van der Waals surface area contributed by atoms with E-state index in [0.29, 0.717) is 12.8 Å². The van der Waals surface area contributed by atoms with Crippen molar-refractivity contribution in [3.05, 3.63) is 42.7 Å². The first-order valence-electron chi connectivity index (χ1n) is 7.70. The molecule has 1 aromatic rings. The summed E-state index contributed by atoms with van der Waals surface area (Å²) >= 11 is 0. The van der Waals surface area contributed by atoms with Crippen molar-refractivity contribution in [3.63, 3.8) is 0 Å². The highest BCUT2D eigenvalue weighted by molar-refractivity contribution is 7.86. The molecular formula is C16H22N2O5S. The van der Waals surface area contributed by atoms with Crippen molar-refractivity contribution >= 4 is 16.2 Å². The number of aryl methyl sites for hydroxylation is 1. The van der Waals surface area contributed by atoms with Crippen molar-refractivity contribution < 1.29 is 22.1 Å². The molecule has 2 rings (SSSR count). The van der Waals surface area contributed by atoms with Crippen LogP contribution >= 0.6 is 0 Å². The van der Waals surface area contributed by atoms with Crippen LogP contribution in [0.5, 0.6) is 0 Å². The summed E-state index contributed by atoms with van der Waals surface area (Å²) in [6.45, 7) is 3.82. The monoisotopic (exact) mass is 354 g/mol. The minimum Gasteiger partial charge on any atom is -0.445 e. The van der Waals surface area contributed by atoms with Gasteiger partial charge in [0.15, 0.2) is 0 Å². The lowest BCUT2D eigenvalue weighted by Crippen LogP contribution is -2.37. The molecule has 2 atom stereocenters. The second-order valence-corrected chi connectivity index (χ2v) is 7.33. The Morgan fingerprint density at radius 1 is 1.54 bits per heavy atom. The average Bonchev–Trinajstić information content (AvgIpc) is 2.92. The first kappa shape index (κ1) is 18.4. The normalized spacial score (nSPS) is 20.8. The Kier molecular flexibility index (Phi) is 6.33. The molecule has 1 aliphatic heterocycles. The average molecular weight is 354 g/mol. The molecule has 0 N–H and O–H groups in total. The van der Waals surface area contributed by atoms with Gasteiger partial charge in [-0.15, -0.1) is 0 Å². The van der Waals surface area contributed by atoms with Crippen LogP contribution in [0.3, 0.4) is 0 Å². The molecule has 24 heavy (non-hydrogen) atoms. The van der Waals surface area contributed by atoms with Gasteiger partial charge in [0.2, 0.25) is 0 Å². The van der Waals surface area contributed by atoms with E-state index in [1.54, 1.807) is 12.4 Å². The molecule has 1 amide bonds. The number of carbonyl (C=O) groups is 1. The van der Waals surface area contributed by atoms with E-state index in [0.717, 1.165) is 18.2 Å². The van der Waals surface area contributed by atoms with E-state index in [4.69, 9.17) is 8.92 Å². The SMILES string of the molecule is C=CCOC(=O)N1CC(OS(C)(=O)=O)CC1CCc1cccnc1. The van der Waals surface area contributed by atoms with Crippen molar-refractivity contribution in [3.8, 4) is 0 Å². The standard InChI is InChI=1S/C16H22N2O5S/c1-3-9-22-16(19)18-12-15(23-24(2,20)21)10-14(18)7-6-13-5-4-8-17-11-13/h3-5,8,11,14-15H,1,6-7,9-10,12H2,2H3. The zero-order valence-electron chi connectivity index (χ0n) is 13.6. The highest BCUT2D eigenvalue weighted by atomic mass is 32.2. The first-order valence-corrected chi connectivity index (χ1v) is 9.52. The topological polar surface area (TPSA) is 85.8 Å². The lowest BCUT2D eigenvalue weighted by atomic mass is 10.0. The van der Waals surface area contributed by atoms with Gasteiger partial charge in [-0.2, -0.15) is 8.42 Å². The van der Waals surface area contributed by atoms with E-state index in [2.05, 4.69) is 11.6 Å². The zero-order valence-corrected chi connectivity index (χ0v) is 14.4. The Morgan fingerprint density at radius 3 is 2.96 bits per heavy atom. The minimum atomic E-state index is -3.57. The zero-order chi connectivity index (χ0) is 17.6. The molecule has 0 bridgehead atoms. The third-order valence-corrected chi connectivity index (χ3v) is 4.36. The predicted molar refractivity (Wildman–Crippen MR) is 88.9 cm³/mol. The highest BCUT2D eigenvalue weighted by Crippen LogP contribution is 2.26. The molecule has 1 aromatic heterocycles. The summed E-state index contributed by atoms with van der Waals surface area (Å²) in [7, 11) is -3.57. The number of likely N-dealkylation sites (tertiary alicyclic amines) is 1. The quantitative estimate of drug-likeness (QED) is 0.548. The van der Waals surface area contributed by atoms with Crippen LogP contribution in [0.2, 0.25) is 0 Å². The molecule has 2 unspecified atom stereocenters. The van der Waals surface area contributed by atoms with Crippen molar-refractivity contribution in [1.29, 1.82) is 0 Å². The Morgan fingerprint density at radius 2 is 2.33 bits per heavy atom. The second kappa shape index (κ2) is 8.25. The van der Waals surface area contributed by atoms with Crippen LogP contribution in [0.15, 0.2) is 37.2 Å². The number of pyridine rings is 1. The fraction of sp³-hybridized carbons (Fsp3) is 0.500. The summed E-state index contributed by atoms with van der Waals surface area (Å²) < 4.78 is 32.8. The summed E-state index contributed by atoms with van der Waals surface area (Å²) in [5.41, 5.74) is 1.06. The molecule has 1 aliphatic rings. The summed E-state index contributed by atoms with van der Waals surface area (Å²) in [5.74, 6) is 0. The molecule has 0 saturated carbocycles. The van der Waals surface area contributed by atoms with Crippen LogP contribution < -0.4 is 0 Å². The van der Waals surface area contributed by atoms with E-state index < -0.39 is 22.3 Å². The molecule has 0 aliphatic carbocycles. The lowest BCUT2D eigenvalue weighted by Gasteiger charge is -2.23. The van der Waals surface area contributed by atoms with Crippen LogP contribution in [0, 0.1) is 0 Å². The van der Waals surface area contributed by atoms with E-state index in [-0.39, 0.29) is 19.2 Å². The van der Waals surface area contributed by atoms with Gasteiger partial charge >= 0.3 is 6.09 Å². The van der Waals surface area contributed by atoms with Gasteiger partial charge in [0.1, 0.15) is 6.61 Å². The number of aromatic nitrogens is 1. The third-order valence-electron chi connectivity index (χ3n) is 3.74. The van der Waals surface area contributed by atoms with Gasteiger partial charge in [-0.05, 0) is 30.9 Å². The predicted octanol–water partition coefficient (Wildman–Crippen LogP) is 1.76. The van der Waals surface area contributed by atoms with Gasteiger partial charge < -0.3 is 9.64 Å². The van der Waals surface area contributed by atoms with Gasteiger partial charge in [-0.3, -0.25) is 9.17 Å². The lowest BCUT2D eigenvalue weighted by molar-refractivity contribution is 0.103. The summed E-state index contributed by atoms with van der Waals surface area (Å²) in [6.07, 6.45) is 6.82. The fourth-order valence-electron chi connectivity index (χ4n) is 2.78. The van der Waals surface area contributed by atoms with E-state index in [1.807, 2.05) is 12.1 Å². The van der Waals surface area contributed by atoms with Crippen LogP contribution in [0.4, 0.5) is 4.79 Å².